The molecule has 0 unspecified atom stereocenters. The van der Waals surface area contributed by atoms with Gasteiger partial charge in [-0.25, -0.2) is 0 Å². The molecule has 28 heavy (non-hydrogen) atoms. The first-order valence-electron chi connectivity index (χ1n) is 7.78. The van der Waals surface area contributed by atoms with E-state index in [1.54, 1.807) is 0 Å². The fourth-order valence-corrected chi connectivity index (χ4v) is 6.29. The monoisotopic (exact) mass is 506 g/mol. The first-order valence-corrected chi connectivity index (χ1v) is 13.8. The van der Waals surface area contributed by atoms with Crippen molar-refractivity contribution in [1.29, 1.82) is 0 Å². The van der Waals surface area contributed by atoms with Gasteiger partial charge in [-0.3, -0.25) is 0 Å². The van der Waals surface area contributed by atoms with Gasteiger partial charge in [0.15, 0.2) is 14.7 Å². The summed E-state index contributed by atoms with van der Waals surface area (Å²) in [6, 6.07) is 32.2. The molecule has 0 saturated heterocycles. The Balaban J connectivity index is 0.000000266. The van der Waals surface area contributed by atoms with Gasteiger partial charge in [-0.1, -0.05) is 54.6 Å². The first kappa shape index (κ1) is 22.7. The number of benzene rings is 3. The van der Waals surface area contributed by atoms with Crippen LogP contribution in [0.4, 0.5) is 0 Å². The molecule has 10 heteroatoms. The van der Waals surface area contributed by atoms with Gasteiger partial charge < -0.3 is 0 Å². The second-order valence-electron chi connectivity index (χ2n) is 5.22. The average Bonchev–Trinajstić information content (AvgIpc) is 2.62. The summed E-state index contributed by atoms with van der Waals surface area (Å²) in [6.45, 7) is 0. The molecule has 0 radical (unpaired) electrons. The summed E-state index contributed by atoms with van der Waals surface area (Å²) >= 11 is -6.28. The maximum atomic E-state index is 9.57. The van der Waals surface area contributed by atoms with Gasteiger partial charge >= 0.3 is 52.7 Å². The molecule has 0 bridgehead atoms. The molecule has 0 aliphatic heterocycles. The third kappa shape index (κ3) is 8.17. The summed E-state index contributed by atoms with van der Waals surface area (Å²) in [5, 5.41) is 0. The fraction of sp³-hybridized carbons (Fsp3) is 0. The molecule has 148 valence electrons. The quantitative estimate of drug-likeness (QED) is 0.311. The Bertz CT molecular complexity index is 916. The minimum absolute atomic E-state index is 0.0146. The summed E-state index contributed by atoms with van der Waals surface area (Å²) in [5.41, 5.74) is 0. The van der Waals surface area contributed by atoms with Crippen molar-refractivity contribution >= 4 is 18.7 Å². The summed E-state index contributed by atoms with van der Waals surface area (Å²) in [7, 11) is -5.15. The van der Waals surface area contributed by atoms with Crippen molar-refractivity contribution in [1.82, 2.24) is 0 Å². The van der Waals surface area contributed by atoms with E-state index in [2.05, 4.69) is 94.2 Å². The van der Waals surface area contributed by atoms with Gasteiger partial charge in [-0.2, -0.15) is 0 Å². The molecule has 0 aromatic heterocycles. The molecule has 0 spiro atoms. The zero-order valence-corrected chi connectivity index (χ0v) is 18.1. The average molecular weight is 504 g/mol. The summed E-state index contributed by atoms with van der Waals surface area (Å²) in [6.07, 6.45) is 0. The smallest absolute Gasteiger partial charge is 0.0619 e. The van der Waals surface area contributed by atoms with Crippen LogP contribution in [0.25, 0.3) is 0 Å². The Morgan fingerprint density at radius 1 is 0.714 bits per heavy atom. The third-order valence-corrected chi connectivity index (χ3v) is 8.51. The maximum Gasteiger partial charge on any atom is 0.166 e. The summed E-state index contributed by atoms with van der Waals surface area (Å²) in [5.74, 6) is 0. The summed E-state index contributed by atoms with van der Waals surface area (Å²) in [4.78, 5) is 19.5. The van der Waals surface area contributed by atoms with Crippen LogP contribution in [0.2, 0.25) is 0 Å². The van der Waals surface area contributed by atoms with Crippen LogP contribution in [0.5, 0.6) is 0 Å². The SMILES string of the molecule is O=P(O)(O)[O][Mo](=[O])(=[O])[O-].c1ccc([S+](c2ccccc2)c2ccccc2)cc1. The van der Waals surface area contributed by atoms with Gasteiger partial charge in [0.05, 0.1) is 10.9 Å². The number of hydrogen-bond acceptors (Lipinski definition) is 5. The van der Waals surface area contributed by atoms with Crippen LogP contribution in [0, 0.1) is 0 Å². The van der Waals surface area contributed by atoms with E-state index < -0.39 is 24.6 Å². The second-order valence-corrected chi connectivity index (χ2v) is 11.5. The van der Waals surface area contributed by atoms with Crippen LogP contribution in [-0.4, -0.2) is 9.79 Å². The molecule has 3 rings (SSSR count). The van der Waals surface area contributed by atoms with Gasteiger partial charge in [-0.15, -0.1) is 0 Å². The minimum Gasteiger partial charge on any atom is -0.0619 e. The molecule has 3 aromatic rings. The van der Waals surface area contributed by atoms with E-state index in [4.69, 9.17) is 9.79 Å². The van der Waals surface area contributed by atoms with Crippen molar-refractivity contribution in [2.24, 2.45) is 0 Å². The van der Waals surface area contributed by atoms with Crippen LogP contribution < -0.4 is 3.76 Å². The number of phosphoric acid groups is 1. The van der Waals surface area contributed by atoms with E-state index in [-0.39, 0.29) is 10.9 Å². The van der Waals surface area contributed by atoms with Gasteiger partial charge in [-0.05, 0) is 36.4 Å². The van der Waals surface area contributed by atoms with Gasteiger partial charge in [0.1, 0.15) is 0 Å². The number of hydrogen-bond donors (Lipinski definition) is 2. The van der Waals surface area contributed by atoms with E-state index in [9.17, 15) is 15.1 Å². The van der Waals surface area contributed by atoms with Crippen LogP contribution in [0.15, 0.2) is 106 Å². The number of rotatable bonds is 5. The minimum atomic E-state index is -6.28. The predicted molar refractivity (Wildman–Crippen MR) is 96.0 cm³/mol. The van der Waals surface area contributed by atoms with E-state index in [0.717, 1.165) is 0 Å². The van der Waals surface area contributed by atoms with E-state index in [1.165, 1.54) is 14.7 Å². The Hall–Kier alpha value is -1.63. The van der Waals surface area contributed by atoms with Crippen molar-refractivity contribution in [2.75, 3.05) is 0 Å². The molecular formula is C18H17MoO7PS. The summed E-state index contributed by atoms with van der Waals surface area (Å²) < 4.78 is 40.8. The topological polar surface area (TPSA) is 124 Å². The Labute approximate surface area is 168 Å². The predicted octanol–water partition coefficient (Wildman–Crippen LogP) is 2.91. The van der Waals surface area contributed by atoms with Crippen molar-refractivity contribution in [2.45, 2.75) is 14.7 Å². The van der Waals surface area contributed by atoms with Crippen LogP contribution in [-0.2, 0) is 42.2 Å². The van der Waals surface area contributed by atoms with Crippen molar-refractivity contribution < 1.29 is 44.8 Å². The largest absolute Gasteiger partial charge is 0.166 e. The van der Waals surface area contributed by atoms with E-state index in [1.807, 2.05) is 0 Å². The van der Waals surface area contributed by atoms with Crippen molar-refractivity contribution in [3.8, 4) is 0 Å². The van der Waals surface area contributed by atoms with Gasteiger partial charge in [0.2, 0.25) is 0 Å². The first-order chi connectivity index (χ1) is 13.2. The third-order valence-electron chi connectivity index (χ3n) is 3.13. The molecule has 0 amide bonds. The van der Waals surface area contributed by atoms with Gasteiger partial charge in [0, 0.05) is 0 Å². The molecule has 7 nitrogen and oxygen atoms in total. The van der Waals surface area contributed by atoms with E-state index in [0.29, 0.717) is 0 Å². The van der Waals surface area contributed by atoms with Crippen LogP contribution in [0.3, 0.4) is 0 Å². The van der Waals surface area contributed by atoms with E-state index >= 15 is 0 Å². The van der Waals surface area contributed by atoms with Crippen LogP contribution >= 0.6 is 7.82 Å². The van der Waals surface area contributed by atoms with Crippen LogP contribution in [0.1, 0.15) is 0 Å². The molecule has 0 fully saturated rings. The molecule has 0 saturated carbocycles. The van der Waals surface area contributed by atoms with Crippen molar-refractivity contribution in [3.63, 3.8) is 0 Å². The normalized spacial score (nSPS) is 11.6. The molecule has 0 atom stereocenters. The zero-order valence-electron chi connectivity index (χ0n) is 14.4. The fourth-order valence-electron chi connectivity index (χ4n) is 2.20. The Morgan fingerprint density at radius 3 is 1.18 bits per heavy atom. The second kappa shape index (κ2) is 10.2. The zero-order chi connectivity index (χ0) is 20.6. The molecule has 0 heterocycles. The standard InChI is InChI=1S/C18H15S.Mo.H3O4P.3O/c1-4-10-16(11-5-1)19(17-12-6-2-7-13-17)18-14-8-3-9-15-18;;1-5(2,3)4;;;/h1-15H;;(H3,1,2,3,4);;;/q2*+1;;;;-1/p-1. The molecular weight excluding hydrogens is 487 g/mol. The molecule has 0 aliphatic rings. The maximum absolute atomic E-state index is 9.57. The van der Waals surface area contributed by atoms with Crippen molar-refractivity contribution in [3.05, 3.63) is 91.0 Å². The molecule has 0 aliphatic carbocycles. The Kier molecular flexibility index (Phi) is 8.28. The molecule has 2 N–H and O–H groups in total. The van der Waals surface area contributed by atoms with Gasteiger partial charge in [0.25, 0.3) is 0 Å². The Morgan fingerprint density at radius 2 is 1.00 bits per heavy atom. The molecule has 3 aromatic carbocycles.